The normalized spacial score (nSPS) is 13.5. The van der Waals surface area contributed by atoms with Crippen molar-refractivity contribution < 1.29 is 24.3 Å². The van der Waals surface area contributed by atoms with Crippen molar-refractivity contribution in [2.75, 3.05) is 18.6 Å². The number of nitrogens with two attached hydrogens (primary N) is 1. The zero-order valence-corrected chi connectivity index (χ0v) is 21.1. The van der Waals surface area contributed by atoms with Crippen molar-refractivity contribution in [3.05, 3.63) is 54.2 Å². The molecule has 198 valence electrons. The van der Waals surface area contributed by atoms with E-state index in [0.29, 0.717) is 17.9 Å². The summed E-state index contributed by atoms with van der Waals surface area (Å²) < 4.78 is 0. The fraction of sp³-hybridized carbons (Fsp3) is 0.375. The maximum atomic E-state index is 12.8. The van der Waals surface area contributed by atoms with Crippen LogP contribution in [0.25, 0.3) is 10.9 Å². The van der Waals surface area contributed by atoms with Gasteiger partial charge in [0.25, 0.3) is 0 Å². The number of carboxylic acids is 1. The first-order valence-corrected chi connectivity index (χ1v) is 13.0. The molecule has 3 unspecified atom stereocenters. The Morgan fingerprint density at radius 3 is 2.57 bits per heavy atom. The Bertz CT molecular complexity index is 1210. The summed E-state index contributed by atoms with van der Waals surface area (Å²) >= 11 is 1.51. The van der Waals surface area contributed by atoms with Crippen LogP contribution >= 0.6 is 11.8 Å². The zero-order valence-electron chi connectivity index (χ0n) is 20.3. The molecule has 0 fully saturated rings. The Labute approximate surface area is 217 Å². The summed E-state index contributed by atoms with van der Waals surface area (Å²) in [5, 5.41) is 17.9. The summed E-state index contributed by atoms with van der Waals surface area (Å²) in [6.07, 6.45) is 7.18. The van der Waals surface area contributed by atoms with Crippen LogP contribution in [0.1, 0.15) is 17.7 Å². The lowest BCUT2D eigenvalue weighted by molar-refractivity contribution is -0.141. The molecule has 8 N–H and O–H groups in total. The number of aliphatic carboxylic acids is 1. The SMILES string of the molecule is CSCCC(NC(=O)C(N)Cc1c[nH]c2ccccc12)C(=O)NCC(=O)NC(Cc1cnc[nH]1)C(=O)O. The predicted molar refractivity (Wildman–Crippen MR) is 140 cm³/mol. The van der Waals surface area contributed by atoms with E-state index in [-0.39, 0.29) is 12.8 Å². The largest absolute Gasteiger partial charge is 0.480 e. The molecule has 3 rings (SSSR count). The molecule has 0 saturated heterocycles. The molecule has 3 amide bonds. The second kappa shape index (κ2) is 13.5. The first-order valence-electron chi connectivity index (χ1n) is 11.7. The molecule has 0 radical (unpaired) electrons. The van der Waals surface area contributed by atoms with Gasteiger partial charge in [-0.15, -0.1) is 0 Å². The average Bonchev–Trinajstić information content (AvgIpc) is 3.54. The van der Waals surface area contributed by atoms with Gasteiger partial charge in [0.2, 0.25) is 17.7 Å². The Kier molecular flexibility index (Phi) is 10.1. The average molecular weight is 530 g/mol. The molecule has 0 spiro atoms. The number of benzene rings is 1. The van der Waals surface area contributed by atoms with Crippen LogP contribution in [0.4, 0.5) is 0 Å². The van der Waals surface area contributed by atoms with E-state index in [9.17, 15) is 24.3 Å². The van der Waals surface area contributed by atoms with Crippen molar-refractivity contribution in [3.8, 4) is 0 Å². The molecule has 0 aliphatic rings. The molecule has 0 bridgehead atoms. The number of fused-ring (bicyclic) bond motifs is 1. The number of para-hydroxylation sites is 1. The number of hydrogen-bond acceptors (Lipinski definition) is 7. The molecule has 3 aromatic rings. The highest BCUT2D eigenvalue weighted by Gasteiger charge is 2.26. The lowest BCUT2D eigenvalue weighted by Gasteiger charge is -2.21. The summed E-state index contributed by atoms with van der Waals surface area (Å²) in [5.41, 5.74) is 8.52. The van der Waals surface area contributed by atoms with E-state index in [0.717, 1.165) is 16.5 Å². The number of imidazole rings is 1. The van der Waals surface area contributed by atoms with Gasteiger partial charge in [0.15, 0.2) is 0 Å². The Hall–Kier alpha value is -3.84. The number of H-pyrrole nitrogens is 2. The van der Waals surface area contributed by atoms with E-state index in [4.69, 9.17) is 5.73 Å². The van der Waals surface area contributed by atoms with Gasteiger partial charge in [-0.3, -0.25) is 14.4 Å². The summed E-state index contributed by atoms with van der Waals surface area (Å²) in [5.74, 6) is -2.35. The van der Waals surface area contributed by atoms with Crippen LogP contribution in [0.2, 0.25) is 0 Å². The van der Waals surface area contributed by atoms with Crippen molar-refractivity contribution in [2.45, 2.75) is 37.4 Å². The number of carboxylic acid groups (broad SMARTS) is 1. The van der Waals surface area contributed by atoms with Crippen LogP contribution in [-0.4, -0.2) is 80.4 Å². The number of amides is 3. The first kappa shape index (κ1) is 27.7. The Balaban J connectivity index is 1.54. The number of rotatable bonds is 14. The number of nitrogens with one attached hydrogen (secondary N) is 5. The van der Waals surface area contributed by atoms with Gasteiger partial charge in [-0.2, -0.15) is 11.8 Å². The van der Waals surface area contributed by atoms with Gasteiger partial charge in [0, 0.05) is 35.4 Å². The van der Waals surface area contributed by atoms with Gasteiger partial charge >= 0.3 is 5.97 Å². The first-order chi connectivity index (χ1) is 17.8. The molecular weight excluding hydrogens is 498 g/mol. The van der Waals surface area contributed by atoms with Crippen LogP contribution < -0.4 is 21.7 Å². The fourth-order valence-corrected chi connectivity index (χ4v) is 4.24. The van der Waals surface area contributed by atoms with E-state index < -0.39 is 48.4 Å². The minimum atomic E-state index is -1.22. The molecule has 0 aliphatic heterocycles. The standard InChI is InChI=1S/C24H31N7O5S/c1-37-7-6-19(31-22(33)17(25)8-14-10-27-18-5-3-2-4-16(14)18)23(34)28-12-21(32)30-20(24(35)36)9-15-11-26-13-29-15/h2-5,10-11,13,17,19-20,27H,6-9,12,25H2,1H3,(H,26,29)(H,28,34)(H,30,32)(H,31,33)(H,35,36). The Morgan fingerprint density at radius 2 is 1.86 bits per heavy atom. The number of nitrogens with zero attached hydrogens (tertiary/aromatic N) is 1. The second-order valence-electron chi connectivity index (χ2n) is 8.47. The van der Waals surface area contributed by atoms with Crippen LogP contribution in [0.15, 0.2) is 43.0 Å². The van der Waals surface area contributed by atoms with Gasteiger partial charge < -0.3 is 36.8 Å². The van der Waals surface area contributed by atoms with Gasteiger partial charge in [-0.25, -0.2) is 9.78 Å². The van der Waals surface area contributed by atoms with Gasteiger partial charge in [-0.1, -0.05) is 18.2 Å². The van der Waals surface area contributed by atoms with Crippen LogP contribution in [0, 0.1) is 0 Å². The minimum Gasteiger partial charge on any atom is -0.480 e. The van der Waals surface area contributed by atoms with Crippen molar-refractivity contribution in [2.24, 2.45) is 5.73 Å². The molecule has 13 heteroatoms. The minimum absolute atomic E-state index is 0.00967. The van der Waals surface area contributed by atoms with Gasteiger partial charge in [0.1, 0.15) is 12.1 Å². The van der Waals surface area contributed by atoms with Gasteiger partial charge in [0.05, 0.1) is 18.9 Å². The molecular formula is C24H31N7O5S. The number of thioether (sulfide) groups is 1. The lowest BCUT2D eigenvalue weighted by Crippen LogP contribution is -2.54. The zero-order chi connectivity index (χ0) is 26.8. The number of hydrogen-bond donors (Lipinski definition) is 7. The smallest absolute Gasteiger partial charge is 0.326 e. The molecule has 0 saturated carbocycles. The number of aromatic amines is 2. The molecule has 3 atom stereocenters. The monoisotopic (exact) mass is 529 g/mol. The highest BCUT2D eigenvalue weighted by molar-refractivity contribution is 7.98. The highest BCUT2D eigenvalue weighted by atomic mass is 32.2. The molecule has 2 heterocycles. The third-order valence-corrected chi connectivity index (χ3v) is 6.37. The van der Waals surface area contributed by atoms with Crippen LogP contribution in [0.5, 0.6) is 0 Å². The molecule has 12 nitrogen and oxygen atoms in total. The second-order valence-corrected chi connectivity index (χ2v) is 9.46. The van der Waals surface area contributed by atoms with Crippen LogP contribution in [0.3, 0.4) is 0 Å². The molecule has 2 aromatic heterocycles. The lowest BCUT2D eigenvalue weighted by atomic mass is 10.0. The van der Waals surface area contributed by atoms with Crippen molar-refractivity contribution >= 4 is 46.4 Å². The van der Waals surface area contributed by atoms with E-state index in [1.54, 1.807) is 0 Å². The molecule has 1 aromatic carbocycles. The van der Waals surface area contributed by atoms with Crippen molar-refractivity contribution in [1.82, 2.24) is 30.9 Å². The summed E-state index contributed by atoms with van der Waals surface area (Å²) in [4.78, 5) is 59.2. The van der Waals surface area contributed by atoms with Crippen LogP contribution in [-0.2, 0) is 32.0 Å². The summed E-state index contributed by atoms with van der Waals surface area (Å²) in [7, 11) is 0. The number of carbonyl (C=O) groups is 4. The van der Waals surface area contributed by atoms with Crippen molar-refractivity contribution in [3.63, 3.8) is 0 Å². The maximum absolute atomic E-state index is 12.8. The number of aromatic nitrogens is 3. The number of carbonyl (C=O) groups excluding carboxylic acids is 3. The summed E-state index contributed by atoms with van der Waals surface area (Å²) in [6.45, 7) is -0.446. The quantitative estimate of drug-likeness (QED) is 0.151. The van der Waals surface area contributed by atoms with E-state index in [1.807, 2.05) is 36.7 Å². The maximum Gasteiger partial charge on any atom is 0.326 e. The third kappa shape index (κ3) is 8.08. The topological polar surface area (TPSA) is 195 Å². The Morgan fingerprint density at radius 1 is 1.08 bits per heavy atom. The summed E-state index contributed by atoms with van der Waals surface area (Å²) in [6, 6.07) is 4.70. The fourth-order valence-electron chi connectivity index (χ4n) is 3.77. The molecule has 37 heavy (non-hydrogen) atoms. The van der Waals surface area contributed by atoms with E-state index in [2.05, 4.69) is 30.9 Å². The predicted octanol–water partition coefficient (Wildman–Crippen LogP) is -0.0730. The third-order valence-electron chi connectivity index (χ3n) is 5.73. The molecule has 0 aliphatic carbocycles. The van der Waals surface area contributed by atoms with Crippen molar-refractivity contribution in [1.29, 1.82) is 0 Å². The van der Waals surface area contributed by atoms with E-state index in [1.165, 1.54) is 24.3 Å². The van der Waals surface area contributed by atoms with Gasteiger partial charge in [-0.05, 0) is 36.5 Å². The highest BCUT2D eigenvalue weighted by Crippen LogP contribution is 2.18. The van der Waals surface area contributed by atoms with E-state index >= 15 is 0 Å².